The van der Waals surface area contributed by atoms with Gasteiger partial charge in [0.1, 0.15) is 0 Å². The molecule has 22 heavy (non-hydrogen) atoms. The lowest BCUT2D eigenvalue weighted by molar-refractivity contribution is -0.123. The predicted octanol–water partition coefficient (Wildman–Crippen LogP) is 1.15. The van der Waals surface area contributed by atoms with Crippen LogP contribution < -0.4 is 10.6 Å². The minimum absolute atomic E-state index is 0. The molecule has 0 saturated carbocycles. The third kappa shape index (κ3) is 7.20. The molecule has 2 rings (SSSR count). The number of halogens is 3. The SMILES string of the molecule is CCN1CCN(C(C)CNC(=O)[C@@H]2CCCN2)CC1.Cl.Cl.Cl. The number of amides is 1. The predicted molar refractivity (Wildman–Crippen MR) is 98.9 cm³/mol. The van der Waals surface area contributed by atoms with Crippen LogP contribution in [0.25, 0.3) is 0 Å². The van der Waals surface area contributed by atoms with Gasteiger partial charge in [0.05, 0.1) is 6.04 Å². The van der Waals surface area contributed by atoms with E-state index < -0.39 is 0 Å². The minimum atomic E-state index is 0. The highest BCUT2D eigenvalue weighted by Crippen LogP contribution is 2.07. The van der Waals surface area contributed by atoms with Gasteiger partial charge in [-0.05, 0) is 32.9 Å². The molecule has 0 aromatic carbocycles. The Labute approximate surface area is 153 Å². The Morgan fingerprint density at radius 3 is 2.36 bits per heavy atom. The third-order valence-electron chi connectivity index (χ3n) is 4.43. The topological polar surface area (TPSA) is 47.6 Å². The second kappa shape index (κ2) is 12.6. The Bertz CT molecular complexity index is 296. The summed E-state index contributed by atoms with van der Waals surface area (Å²) in [5, 5.41) is 6.33. The molecule has 0 aromatic rings. The summed E-state index contributed by atoms with van der Waals surface area (Å²) in [5.74, 6) is 0.177. The van der Waals surface area contributed by atoms with E-state index in [0.29, 0.717) is 6.04 Å². The van der Waals surface area contributed by atoms with Crippen LogP contribution in [0.5, 0.6) is 0 Å². The second-order valence-corrected chi connectivity index (χ2v) is 5.71. The van der Waals surface area contributed by atoms with Crippen LogP contribution in [0.2, 0.25) is 0 Å². The smallest absolute Gasteiger partial charge is 0.237 e. The summed E-state index contributed by atoms with van der Waals surface area (Å²) in [6, 6.07) is 0.480. The molecule has 2 fully saturated rings. The summed E-state index contributed by atoms with van der Waals surface area (Å²) in [6.07, 6.45) is 2.10. The number of rotatable bonds is 5. The lowest BCUT2D eigenvalue weighted by Crippen LogP contribution is -2.53. The second-order valence-electron chi connectivity index (χ2n) is 5.71. The molecular weight excluding hydrogens is 347 g/mol. The Morgan fingerprint density at radius 1 is 1.23 bits per heavy atom. The van der Waals surface area contributed by atoms with E-state index in [1.165, 1.54) is 0 Å². The molecule has 1 amide bonds. The first-order valence-electron chi connectivity index (χ1n) is 7.68. The van der Waals surface area contributed by atoms with Crippen molar-refractivity contribution in [1.82, 2.24) is 20.4 Å². The first-order valence-corrected chi connectivity index (χ1v) is 7.68. The molecule has 2 heterocycles. The highest BCUT2D eigenvalue weighted by molar-refractivity contribution is 5.86. The molecule has 134 valence electrons. The van der Waals surface area contributed by atoms with Crippen molar-refractivity contribution in [3.63, 3.8) is 0 Å². The van der Waals surface area contributed by atoms with Crippen LogP contribution in [0.1, 0.15) is 26.7 Å². The van der Waals surface area contributed by atoms with Gasteiger partial charge in [-0.25, -0.2) is 0 Å². The fourth-order valence-corrected chi connectivity index (χ4v) is 2.93. The van der Waals surface area contributed by atoms with E-state index in [1.807, 2.05) is 0 Å². The molecule has 0 radical (unpaired) electrons. The van der Waals surface area contributed by atoms with Crippen LogP contribution >= 0.6 is 37.2 Å². The van der Waals surface area contributed by atoms with Crippen molar-refractivity contribution in [2.24, 2.45) is 0 Å². The van der Waals surface area contributed by atoms with Crippen molar-refractivity contribution in [2.75, 3.05) is 45.8 Å². The Morgan fingerprint density at radius 2 is 1.86 bits per heavy atom. The number of hydrogen-bond donors (Lipinski definition) is 2. The van der Waals surface area contributed by atoms with Gasteiger partial charge < -0.3 is 15.5 Å². The van der Waals surface area contributed by atoms with Crippen molar-refractivity contribution >= 4 is 43.1 Å². The largest absolute Gasteiger partial charge is 0.353 e. The average molecular weight is 378 g/mol. The summed E-state index contributed by atoms with van der Waals surface area (Å²) < 4.78 is 0. The molecule has 0 aromatic heterocycles. The van der Waals surface area contributed by atoms with E-state index in [9.17, 15) is 4.79 Å². The first-order chi connectivity index (χ1) is 9.20. The molecule has 2 saturated heterocycles. The number of nitrogens with one attached hydrogen (secondary N) is 2. The Kier molecular flexibility index (Phi) is 14.0. The van der Waals surface area contributed by atoms with Gasteiger partial charge in [0.15, 0.2) is 0 Å². The third-order valence-corrected chi connectivity index (χ3v) is 4.43. The molecule has 0 aliphatic carbocycles. The van der Waals surface area contributed by atoms with E-state index in [0.717, 1.165) is 58.7 Å². The summed E-state index contributed by atoms with van der Waals surface area (Å²) in [5.41, 5.74) is 0. The van der Waals surface area contributed by atoms with E-state index in [2.05, 4.69) is 34.3 Å². The van der Waals surface area contributed by atoms with Crippen LogP contribution in [-0.2, 0) is 4.79 Å². The maximum Gasteiger partial charge on any atom is 0.237 e. The number of carbonyl (C=O) groups excluding carboxylic acids is 1. The summed E-state index contributed by atoms with van der Waals surface area (Å²) >= 11 is 0. The van der Waals surface area contributed by atoms with Crippen molar-refractivity contribution in [2.45, 2.75) is 38.8 Å². The molecule has 2 atom stereocenters. The van der Waals surface area contributed by atoms with E-state index in [1.54, 1.807) is 0 Å². The fourth-order valence-electron chi connectivity index (χ4n) is 2.93. The van der Waals surface area contributed by atoms with Crippen molar-refractivity contribution in [1.29, 1.82) is 0 Å². The number of carbonyl (C=O) groups is 1. The molecule has 8 heteroatoms. The lowest BCUT2D eigenvalue weighted by Gasteiger charge is -2.37. The van der Waals surface area contributed by atoms with Gasteiger partial charge in [0.25, 0.3) is 0 Å². The molecule has 0 spiro atoms. The summed E-state index contributed by atoms with van der Waals surface area (Å²) in [4.78, 5) is 16.9. The Hall–Kier alpha value is 0.220. The van der Waals surface area contributed by atoms with E-state index in [-0.39, 0.29) is 49.2 Å². The molecule has 2 aliphatic rings. The zero-order chi connectivity index (χ0) is 13.7. The van der Waals surface area contributed by atoms with Crippen LogP contribution in [0.3, 0.4) is 0 Å². The monoisotopic (exact) mass is 376 g/mol. The van der Waals surface area contributed by atoms with E-state index >= 15 is 0 Å². The molecular formula is C14H31Cl3N4O. The molecule has 2 N–H and O–H groups in total. The zero-order valence-electron chi connectivity index (χ0n) is 13.5. The van der Waals surface area contributed by atoms with E-state index in [4.69, 9.17) is 0 Å². The van der Waals surface area contributed by atoms with Crippen LogP contribution in [-0.4, -0.2) is 73.6 Å². The number of likely N-dealkylation sites (N-methyl/N-ethyl adjacent to an activating group) is 1. The lowest BCUT2D eigenvalue weighted by atomic mass is 10.2. The van der Waals surface area contributed by atoms with Crippen molar-refractivity contribution < 1.29 is 4.79 Å². The van der Waals surface area contributed by atoms with Gasteiger partial charge in [-0.15, -0.1) is 37.2 Å². The Balaban J connectivity index is 0. The minimum Gasteiger partial charge on any atom is -0.353 e. The molecule has 0 bridgehead atoms. The van der Waals surface area contributed by atoms with Gasteiger partial charge in [-0.2, -0.15) is 0 Å². The fraction of sp³-hybridized carbons (Fsp3) is 0.929. The first kappa shape index (κ1) is 24.5. The molecule has 2 aliphatic heterocycles. The molecule has 5 nitrogen and oxygen atoms in total. The van der Waals surface area contributed by atoms with Gasteiger partial charge in [-0.3, -0.25) is 9.69 Å². The summed E-state index contributed by atoms with van der Waals surface area (Å²) in [6.45, 7) is 11.9. The quantitative estimate of drug-likeness (QED) is 0.754. The molecule has 1 unspecified atom stereocenters. The number of hydrogen-bond acceptors (Lipinski definition) is 4. The van der Waals surface area contributed by atoms with Crippen LogP contribution in [0.15, 0.2) is 0 Å². The average Bonchev–Trinajstić information content (AvgIpc) is 2.98. The maximum absolute atomic E-state index is 11.9. The van der Waals surface area contributed by atoms with Crippen molar-refractivity contribution in [3.8, 4) is 0 Å². The zero-order valence-corrected chi connectivity index (χ0v) is 16.0. The van der Waals surface area contributed by atoms with Gasteiger partial charge in [-0.1, -0.05) is 6.92 Å². The highest BCUT2D eigenvalue weighted by atomic mass is 35.5. The maximum atomic E-state index is 11.9. The van der Waals surface area contributed by atoms with Crippen LogP contribution in [0.4, 0.5) is 0 Å². The summed E-state index contributed by atoms with van der Waals surface area (Å²) in [7, 11) is 0. The standard InChI is InChI=1S/C14H28N4O.3ClH/c1-3-17-7-9-18(10-8-17)12(2)11-16-14(19)13-5-4-6-15-13;;;/h12-13,15H,3-11H2,1-2H3,(H,16,19);3*1H/t12?,13-;;;/m0.../s1. The van der Waals surface area contributed by atoms with Crippen LogP contribution in [0, 0.1) is 0 Å². The van der Waals surface area contributed by atoms with Gasteiger partial charge in [0.2, 0.25) is 5.91 Å². The normalized spacial score (nSPS) is 23.6. The van der Waals surface area contributed by atoms with Crippen molar-refractivity contribution in [3.05, 3.63) is 0 Å². The highest BCUT2D eigenvalue weighted by Gasteiger charge is 2.24. The van der Waals surface area contributed by atoms with Gasteiger partial charge >= 0.3 is 0 Å². The van der Waals surface area contributed by atoms with Gasteiger partial charge in [0, 0.05) is 38.8 Å². The number of nitrogens with zero attached hydrogens (tertiary/aromatic N) is 2. The number of piperazine rings is 1.